The van der Waals surface area contributed by atoms with Gasteiger partial charge < -0.3 is 14.9 Å². The summed E-state index contributed by atoms with van der Waals surface area (Å²) < 4.78 is 27.9. The van der Waals surface area contributed by atoms with Crippen LogP contribution < -0.4 is 10.9 Å². The number of hydrogen-bond acceptors (Lipinski definition) is 6. The van der Waals surface area contributed by atoms with Gasteiger partial charge in [-0.3, -0.25) is 9.48 Å². The van der Waals surface area contributed by atoms with E-state index in [0.29, 0.717) is 33.5 Å². The van der Waals surface area contributed by atoms with Gasteiger partial charge in [0.1, 0.15) is 11.3 Å². The molecule has 0 unspecified atom stereocenters. The van der Waals surface area contributed by atoms with E-state index in [2.05, 4.69) is 20.4 Å². The second-order valence-corrected chi connectivity index (χ2v) is 10.2. The second kappa shape index (κ2) is 7.99. The van der Waals surface area contributed by atoms with Gasteiger partial charge in [-0.1, -0.05) is 6.07 Å². The first kappa shape index (κ1) is 21.7. The number of nitrogens with zero attached hydrogens (tertiary/aromatic N) is 4. The van der Waals surface area contributed by atoms with Crippen molar-refractivity contribution in [2.45, 2.75) is 4.90 Å². The molecule has 4 aromatic heterocycles. The zero-order valence-electron chi connectivity index (χ0n) is 18.8. The molecule has 0 amide bonds. The summed E-state index contributed by atoms with van der Waals surface area (Å²) in [7, 11) is 0.0308. The minimum Gasteiger partial charge on any atom is -0.350 e. The number of benzene rings is 1. The van der Waals surface area contributed by atoms with Crippen LogP contribution in [0.3, 0.4) is 0 Å². The highest BCUT2D eigenvalue weighted by Crippen LogP contribution is 2.37. The Balaban J connectivity index is 1.78. The fourth-order valence-corrected chi connectivity index (χ4v) is 4.57. The molecule has 0 aliphatic heterocycles. The minimum atomic E-state index is -3.46. The summed E-state index contributed by atoms with van der Waals surface area (Å²) in [4.78, 5) is 20.7. The van der Waals surface area contributed by atoms with Crippen molar-refractivity contribution in [2.24, 2.45) is 14.1 Å². The van der Waals surface area contributed by atoms with Crippen LogP contribution in [-0.2, 0) is 23.9 Å². The van der Waals surface area contributed by atoms with E-state index < -0.39 is 9.84 Å². The fourth-order valence-electron chi connectivity index (χ4n) is 3.92. The minimum absolute atomic E-state index is 0.180. The molecule has 0 aliphatic rings. The van der Waals surface area contributed by atoms with Gasteiger partial charge in [0, 0.05) is 72.4 Å². The SMILES string of the molecule is Cn1cc(-c2cc3c(-c4cc(S(C)(=O)=O)ccc4Nc4ccccn4)cn(C)c(=O)c3[nH]2)cn1. The number of aryl methyl sites for hydroxylation is 2. The molecule has 4 heterocycles. The van der Waals surface area contributed by atoms with E-state index in [9.17, 15) is 13.2 Å². The van der Waals surface area contributed by atoms with Crippen molar-refractivity contribution >= 4 is 32.2 Å². The first-order valence-corrected chi connectivity index (χ1v) is 12.3. The molecule has 0 atom stereocenters. The maximum absolute atomic E-state index is 13.0. The van der Waals surface area contributed by atoms with Crippen molar-refractivity contribution in [1.82, 2.24) is 24.3 Å². The van der Waals surface area contributed by atoms with E-state index in [1.54, 1.807) is 48.5 Å². The molecule has 0 radical (unpaired) electrons. The van der Waals surface area contributed by atoms with Gasteiger partial charge in [-0.25, -0.2) is 13.4 Å². The lowest BCUT2D eigenvalue weighted by atomic mass is 10.0. The molecular formula is C24H22N6O3S. The van der Waals surface area contributed by atoms with Crippen LogP contribution in [0.4, 0.5) is 11.5 Å². The van der Waals surface area contributed by atoms with Crippen LogP contribution in [0.15, 0.2) is 76.9 Å². The number of pyridine rings is 2. The lowest BCUT2D eigenvalue weighted by molar-refractivity contribution is 0.602. The summed E-state index contributed by atoms with van der Waals surface area (Å²) in [5.41, 5.74) is 3.81. The smallest absolute Gasteiger partial charge is 0.274 e. The molecular weight excluding hydrogens is 452 g/mol. The number of rotatable bonds is 5. The Morgan fingerprint density at radius 2 is 1.85 bits per heavy atom. The molecule has 0 fully saturated rings. The van der Waals surface area contributed by atoms with Crippen molar-refractivity contribution in [3.8, 4) is 22.4 Å². The Kier molecular flexibility index (Phi) is 5.09. The van der Waals surface area contributed by atoms with Crippen molar-refractivity contribution in [1.29, 1.82) is 0 Å². The van der Waals surface area contributed by atoms with Crippen molar-refractivity contribution in [3.63, 3.8) is 0 Å². The van der Waals surface area contributed by atoms with Crippen LogP contribution in [0.25, 0.3) is 33.3 Å². The number of anilines is 2. The molecule has 5 rings (SSSR count). The Labute approximate surface area is 195 Å². The highest BCUT2D eigenvalue weighted by atomic mass is 32.2. The molecule has 9 nitrogen and oxygen atoms in total. The monoisotopic (exact) mass is 474 g/mol. The highest BCUT2D eigenvalue weighted by Gasteiger charge is 2.19. The molecule has 172 valence electrons. The summed E-state index contributed by atoms with van der Waals surface area (Å²) in [5.74, 6) is 0.613. The van der Waals surface area contributed by atoms with Gasteiger partial charge in [0.15, 0.2) is 9.84 Å². The number of sulfone groups is 1. The molecule has 0 spiro atoms. The molecule has 5 aromatic rings. The lowest BCUT2D eigenvalue weighted by Crippen LogP contribution is -2.16. The molecule has 1 aromatic carbocycles. The number of H-pyrrole nitrogens is 1. The topological polar surface area (TPSA) is 115 Å². The van der Waals surface area contributed by atoms with E-state index in [-0.39, 0.29) is 10.5 Å². The van der Waals surface area contributed by atoms with E-state index in [1.807, 2.05) is 37.5 Å². The van der Waals surface area contributed by atoms with Gasteiger partial charge in [-0.15, -0.1) is 0 Å². The molecule has 0 saturated heterocycles. The number of nitrogens with one attached hydrogen (secondary N) is 2. The quantitative estimate of drug-likeness (QED) is 0.403. The Morgan fingerprint density at radius 1 is 1.03 bits per heavy atom. The fraction of sp³-hybridized carbons (Fsp3) is 0.125. The Morgan fingerprint density at radius 3 is 2.53 bits per heavy atom. The molecule has 0 saturated carbocycles. The normalized spacial score (nSPS) is 11.7. The average Bonchev–Trinajstić information content (AvgIpc) is 3.43. The molecule has 0 aliphatic carbocycles. The largest absolute Gasteiger partial charge is 0.350 e. The number of aromatic nitrogens is 5. The number of fused-ring (bicyclic) bond motifs is 1. The zero-order chi connectivity index (χ0) is 24.0. The van der Waals surface area contributed by atoms with Crippen LogP contribution in [-0.4, -0.2) is 39.0 Å². The van der Waals surface area contributed by atoms with Crippen molar-refractivity contribution in [2.75, 3.05) is 11.6 Å². The first-order chi connectivity index (χ1) is 16.2. The molecule has 10 heteroatoms. The molecule has 34 heavy (non-hydrogen) atoms. The standard InChI is InChI=1S/C24H22N6O3S/c1-29-14-19(18-11-21(28-23(18)24(29)31)15-12-26-30(2)13-15)17-10-16(34(3,32)33)7-8-20(17)27-22-6-4-5-9-25-22/h4-14,28H,1-3H3,(H,25,27). The van der Waals surface area contributed by atoms with E-state index in [4.69, 9.17) is 0 Å². The predicted molar refractivity (Wildman–Crippen MR) is 132 cm³/mol. The Hall–Kier alpha value is -4.18. The van der Waals surface area contributed by atoms with Gasteiger partial charge in [0.2, 0.25) is 0 Å². The third-order valence-corrected chi connectivity index (χ3v) is 6.73. The van der Waals surface area contributed by atoms with Crippen LogP contribution in [0.5, 0.6) is 0 Å². The van der Waals surface area contributed by atoms with E-state index in [0.717, 1.165) is 11.3 Å². The van der Waals surface area contributed by atoms with Gasteiger partial charge in [-0.05, 0) is 36.4 Å². The van der Waals surface area contributed by atoms with Crippen LogP contribution in [0, 0.1) is 0 Å². The summed E-state index contributed by atoms with van der Waals surface area (Å²) in [6.45, 7) is 0. The van der Waals surface area contributed by atoms with Crippen LogP contribution >= 0.6 is 0 Å². The van der Waals surface area contributed by atoms with Gasteiger partial charge in [0.05, 0.1) is 11.1 Å². The molecule has 2 N–H and O–H groups in total. The predicted octanol–water partition coefficient (Wildman–Crippen LogP) is 3.48. The average molecular weight is 475 g/mol. The Bertz CT molecular complexity index is 1700. The first-order valence-electron chi connectivity index (χ1n) is 10.4. The summed E-state index contributed by atoms with van der Waals surface area (Å²) >= 11 is 0. The maximum Gasteiger partial charge on any atom is 0.274 e. The summed E-state index contributed by atoms with van der Waals surface area (Å²) in [6, 6.07) is 12.3. The maximum atomic E-state index is 13.0. The third-order valence-electron chi connectivity index (χ3n) is 5.62. The van der Waals surface area contributed by atoms with Gasteiger partial charge >= 0.3 is 0 Å². The zero-order valence-corrected chi connectivity index (χ0v) is 19.6. The summed E-state index contributed by atoms with van der Waals surface area (Å²) in [6.07, 6.45) is 8.13. The second-order valence-electron chi connectivity index (χ2n) is 8.15. The van der Waals surface area contributed by atoms with Gasteiger partial charge in [-0.2, -0.15) is 5.10 Å². The molecule has 0 bridgehead atoms. The third kappa shape index (κ3) is 3.88. The van der Waals surface area contributed by atoms with E-state index in [1.165, 1.54) is 10.8 Å². The van der Waals surface area contributed by atoms with Crippen LogP contribution in [0.2, 0.25) is 0 Å². The van der Waals surface area contributed by atoms with Gasteiger partial charge in [0.25, 0.3) is 5.56 Å². The van der Waals surface area contributed by atoms with Crippen molar-refractivity contribution in [3.05, 3.63) is 77.6 Å². The van der Waals surface area contributed by atoms with E-state index >= 15 is 0 Å². The summed E-state index contributed by atoms with van der Waals surface area (Å²) in [5, 5.41) is 8.16. The lowest BCUT2D eigenvalue weighted by Gasteiger charge is -2.15. The highest BCUT2D eigenvalue weighted by molar-refractivity contribution is 7.90. The van der Waals surface area contributed by atoms with Crippen molar-refractivity contribution < 1.29 is 8.42 Å². The number of aromatic amines is 1. The van der Waals surface area contributed by atoms with Crippen LogP contribution in [0.1, 0.15) is 0 Å². The number of hydrogen-bond donors (Lipinski definition) is 2.